The zero-order valence-electron chi connectivity index (χ0n) is 12.6. The second-order valence-electron chi connectivity index (χ2n) is 5.49. The first kappa shape index (κ1) is 16.2. The molecule has 0 aromatic heterocycles. The molecule has 1 rings (SSSR count). The Kier molecular flexibility index (Phi) is 8.52. The zero-order chi connectivity index (χ0) is 13.9. The molecule has 1 aromatic rings. The first-order valence-corrected chi connectivity index (χ1v) is 7.77. The highest BCUT2D eigenvalue weighted by molar-refractivity contribution is 5.23. The zero-order valence-corrected chi connectivity index (χ0v) is 12.6. The molecule has 1 aromatic carbocycles. The van der Waals surface area contributed by atoms with E-state index in [1.165, 1.54) is 49.7 Å². The number of unbranched alkanes of at least 4 members (excludes halogenated alkanes) is 5. The van der Waals surface area contributed by atoms with Crippen molar-refractivity contribution in [1.29, 1.82) is 0 Å². The molecule has 108 valence electrons. The number of hydrogen-bond acceptors (Lipinski definition) is 2. The minimum absolute atomic E-state index is 0.112. The second kappa shape index (κ2) is 9.99. The Hall–Kier alpha value is -0.860. The molecule has 19 heavy (non-hydrogen) atoms. The van der Waals surface area contributed by atoms with Crippen LogP contribution in [0.5, 0.6) is 0 Å². The molecular formula is C17H30N2. The number of nitrogens with two attached hydrogens (primary N) is 1. The van der Waals surface area contributed by atoms with Crippen molar-refractivity contribution in [2.75, 3.05) is 13.1 Å². The lowest BCUT2D eigenvalue weighted by molar-refractivity contribution is 0.547. The minimum Gasteiger partial charge on any atom is -0.323 e. The lowest BCUT2D eigenvalue weighted by atomic mass is 10.1. The van der Waals surface area contributed by atoms with Gasteiger partial charge in [-0.25, -0.2) is 0 Å². The molecule has 0 aliphatic rings. The summed E-state index contributed by atoms with van der Waals surface area (Å²) in [4.78, 5) is 0. The van der Waals surface area contributed by atoms with Gasteiger partial charge in [0.2, 0.25) is 0 Å². The van der Waals surface area contributed by atoms with Crippen LogP contribution in [0.25, 0.3) is 0 Å². The van der Waals surface area contributed by atoms with Gasteiger partial charge in [-0.3, -0.25) is 0 Å². The molecular weight excluding hydrogens is 232 g/mol. The summed E-state index contributed by atoms with van der Waals surface area (Å²) in [6.45, 7) is 6.32. The van der Waals surface area contributed by atoms with Crippen LogP contribution in [0.2, 0.25) is 0 Å². The maximum absolute atomic E-state index is 6.16. The van der Waals surface area contributed by atoms with E-state index in [-0.39, 0.29) is 6.04 Å². The monoisotopic (exact) mass is 262 g/mol. The topological polar surface area (TPSA) is 38.0 Å². The molecule has 1 atom stereocenters. The highest BCUT2D eigenvalue weighted by atomic mass is 14.9. The van der Waals surface area contributed by atoms with Crippen LogP contribution < -0.4 is 11.1 Å². The summed E-state index contributed by atoms with van der Waals surface area (Å²) in [5.41, 5.74) is 8.67. The molecule has 0 aliphatic carbocycles. The fraction of sp³-hybridized carbons (Fsp3) is 0.647. The third-order valence-corrected chi connectivity index (χ3v) is 3.58. The summed E-state index contributed by atoms with van der Waals surface area (Å²) >= 11 is 0. The summed E-state index contributed by atoms with van der Waals surface area (Å²) in [6.07, 6.45) is 8.07. The lowest BCUT2D eigenvalue weighted by Crippen LogP contribution is -2.27. The Balaban J connectivity index is 2.04. The third kappa shape index (κ3) is 7.34. The standard InChI is InChI=1S/C17H30N2/c1-3-4-5-6-7-8-13-19-14-17(18)16-11-9-15(2)10-12-16/h9-12,17,19H,3-8,13-14,18H2,1-2H3. The van der Waals surface area contributed by atoms with Crippen LogP contribution in [0.15, 0.2) is 24.3 Å². The normalized spacial score (nSPS) is 12.6. The van der Waals surface area contributed by atoms with E-state index in [0.717, 1.165) is 13.1 Å². The molecule has 0 spiro atoms. The predicted molar refractivity (Wildman–Crippen MR) is 84.4 cm³/mol. The van der Waals surface area contributed by atoms with Crippen LogP contribution in [-0.4, -0.2) is 13.1 Å². The largest absolute Gasteiger partial charge is 0.323 e. The highest BCUT2D eigenvalue weighted by Gasteiger charge is 2.04. The van der Waals surface area contributed by atoms with Crippen LogP contribution in [0.1, 0.15) is 62.6 Å². The van der Waals surface area contributed by atoms with E-state index in [4.69, 9.17) is 5.73 Å². The highest BCUT2D eigenvalue weighted by Crippen LogP contribution is 2.10. The van der Waals surface area contributed by atoms with E-state index in [0.29, 0.717) is 0 Å². The average Bonchev–Trinajstić information content (AvgIpc) is 2.42. The molecule has 0 radical (unpaired) electrons. The van der Waals surface area contributed by atoms with Gasteiger partial charge in [0.15, 0.2) is 0 Å². The van der Waals surface area contributed by atoms with Crippen molar-refractivity contribution >= 4 is 0 Å². The first-order valence-electron chi connectivity index (χ1n) is 7.77. The van der Waals surface area contributed by atoms with Gasteiger partial charge < -0.3 is 11.1 Å². The van der Waals surface area contributed by atoms with Gasteiger partial charge in [0.25, 0.3) is 0 Å². The van der Waals surface area contributed by atoms with Crippen molar-refractivity contribution in [2.24, 2.45) is 5.73 Å². The van der Waals surface area contributed by atoms with Crippen molar-refractivity contribution in [3.8, 4) is 0 Å². The van der Waals surface area contributed by atoms with Crippen LogP contribution in [0, 0.1) is 6.92 Å². The number of benzene rings is 1. The van der Waals surface area contributed by atoms with Crippen molar-refractivity contribution in [3.05, 3.63) is 35.4 Å². The van der Waals surface area contributed by atoms with Gasteiger partial charge in [-0.2, -0.15) is 0 Å². The Morgan fingerprint density at radius 3 is 2.32 bits per heavy atom. The van der Waals surface area contributed by atoms with Crippen molar-refractivity contribution < 1.29 is 0 Å². The van der Waals surface area contributed by atoms with Crippen LogP contribution >= 0.6 is 0 Å². The molecule has 2 heteroatoms. The SMILES string of the molecule is CCCCCCCCNCC(N)c1ccc(C)cc1. The number of nitrogens with one attached hydrogen (secondary N) is 1. The molecule has 0 saturated heterocycles. The van der Waals surface area contributed by atoms with Crippen molar-refractivity contribution in [1.82, 2.24) is 5.32 Å². The third-order valence-electron chi connectivity index (χ3n) is 3.58. The molecule has 3 N–H and O–H groups in total. The van der Waals surface area contributed by atoms with Crippen molar-refractivity contribution in [2.45, 2.75) is 58.4 Å². The quantitative estimate of drug-likeness (QED) is 0.627. The smallest absolute Gasteiger partial charge is 0.0421 e. The summed E-state index contributed by atoms with van der Waals surface area (Å²) < 4.78 is 0. The van der Waals surface area contributed by atoms with Crippen LogP contribution in [0.3, 0.4) is 0 Å². The number of rotatable bonds is 10. The molecule has 0 aliphatic heterocycles. The van der Waals surface area contributed by atoms with Crippen LogP contribution in [-0.2, 0) is 0 Å². The van der Waals surface area contributed by atoms with E-state index in [1.54, 1.807) is 0 Å². The molecule has 0 fully saturated rings. The van der Waals surface area contributed by atoms with Gasteiger partial charge in [-0.05, 0) is 25.5 Å². The van der Waals surface area contributed by atoms with Gasteiger partial charge in [0, 0.05) is 12.6 Å². The fourth-order valence-electron chi connectivity index (χ4n) is 2.22. The molecule has 0 heterocycles. The van der Waals surface area contributed by atoms with Gasteiger partial charge in [-0.15, -0.1) is 0 Å². The molecule has 0 saturated carbocycles. The van der Waals surface area contributed by atoms with E-state index in [9.17, 15) is 0 Å². The van der Waals surface area contributed by atoms with Gasteiger partial charge >= 0.3 is 0 Å². The maximum Gasteiger partial charge on any atom is 0.0421 e. The van der Waals surface area contributed by atoms with Gasteiger partial charge in [0.1, 0.15) is 0 Å². The summed E-state index contributed by atoms with van der Waals surface area (Å²) in [5, 5.41) is 3.46. The molecule has 0 bridgehead atoms. The van der Waals surface area contributed by atoms with E-state index >= 15 is 0 Å². The Morgan fingerprint density at radius 2 is 1.63 bits per heavy atom. The lowest BCUT2D eigenvalue weighted by Gasteiger charge is -2.13. The first-order chi connectivity index (χ1) is 9.24. The average molecular weight is 262 g/mol. The van der Waals surface area contributed by atoms with E-state index in [2.05, 4.69) is 43.4 Å². The number of hydrogen-bond donors (Lipinski definition) is 2. The fourth-order valence-corrected chi connectivity index (χ4v) is 2.22. The predicted octanol–water partition coefficient (Wildman–Crippen LogP) is 3.94. The molecule has 2 nitrogen and oxygen atoms in total. The summed E-state index contributed by atoms with van der Waals surface area (Å²) in [5.74, 6) is 0. The summed E-state index contributed by atoms with van der Waals surface area (Å²) in [7, 11) is 0. The maximum atomic E-state index is 6.16. The summed E-state index contributed by atoms with van der Waals surface area (Å²) in [6, 6.07) is 8.63. The second-order valence-corrected chi connectivity index (χ2v) is 5.49. The number of aryl methyl sites for hydroxylation is 1. The minimum atomic E-state index is 0.112. The Morgan fingerprint density at radius 1 is 1.00 bits per heavy atom. The van der Waals surface area contributed by atoms with Gasteiger partial charge in [0.05, 0.1) is 0 Å². The Labute approximate surface area is 118 Å². The van der Waals surface area contributed by atoms with E-state index in [1.807, 2.05) is 0 Å². The Bertz CT molecular complexity index is 319. The molecule has 0 amide bonds. The van der Waals surface area contributed by atoms with E-state index < -0.39 is 0 Å². The van der Waals surface area contributed by atoms with Gasteiger partial charge in [-0.1, -0.05) is 68.9 Å². The van der Waals surface area contributed by atoms with Crippen LogP contribution in [0.4, 0.5) is 0 Å². The molecule has 1 unspecified atom stereocenters. The van der Waals surface area contributed by atoms with Crippen molar-refractivity contribution in [3.63, 3.8) is 0 Å².